The van der Waals surface area contributed by atoms with Gasteiger partial charge in [-0.05, 0) is 6.07 Å². The Balaban J connectivity index is 3.15. The number of halogens is 1. The molecule has 0 radical (unpaired) electrons. The number of carbonyl (C=O) groups excluding carboxylic acids is 1. The Kier molecular flexibility index (Phi) is 2.92. The number of methoxy groups -OCH3 is 1. The summed E-state index contributed by atoms with van der Waals surface area (Å²) in [5.41, 5.74) is 5.16. The topological polar surface area (TPSA) is 65.2 Å². The number of nitrogens with two attached hydrogens (primary N) is 1. The molecule has 5 heteroatoms. The summed E-state index contributed by atoms with van der Waals surface area (Å²) in [6, 6.07) is 1.42. The molecule has 2 N–H and O–H groups in total. The van der Waals surface area contributed by atoms with E-state index in [4.69, 9.17) is 5.73 Å². The number of nitrogens with zero attached hydrogens (tertiary/aromatic N) is 1. The standard InChI is InChI=1S/C8H9FN2O2/c1-13-8(12)7-6(9)5(4-10)2-3-11-7/h2-3H,4,10H2,1H3. The molecule has 13 heavy (non-hydrogen) atoms. The zero-order chi connectivity index (χ0) is 9.84. The Hall–Kier alpha value is -1.49. The fraction of sp³-hybridized carbons (Fsp3) is 0.250. The van der Waals surface area contributed by atoms with Crippen molar-refractivity contribution in [3.63, 3.8) is 0 Å². The third-order valence-corrected chi connectivity index (χ3v) is 1.57. The average Bonchev–Trinajstić information content (AvgIpc) is 2.17. The minimum Gasteiger partial charge on any atom is -0.464 e. The molecule has 0 bridgehead atoms. The van der Waals surface area contributed by atoms with E-state index in [0.29, 0.717) is 0 Å². The van der Waals surface area contributed by atoms with Gasteiger partial charge in [0.15, 0.2) is 11.5 Å². The van der Waals surface area contributed by atoms with Crippen LogP contribution in [0.1, 0.15) is 16.1 Å². The van der Waals surface area contributed by atoms with Gasteiger partial charge in [-0.3, -0.25) is 0 Å². The quantitative estimate of drug-likeness (QED) is 0.678. The lowest BCUT2D eigenvalue weighted by Gasteiger charge is -2.02. The van der Waals surface area contributed by atoms with Gasteiger partial charge in [0.25, 0.3) is 0 Å². The third-order valence-electron chi connectivity index (χ3n) is 1.57. The molecule has 0 aliphatic carbocycles. The fourth-order valence-electron chi connectivity index (χ4n) is 0.880. The second-order valence-corrected chi connectivity index (χ2v) is 2.33. The maximum atomic E-state index is 13.3. The summed E-state index contributed by atoms with van der Waals surface area (Å²) < 4.78 is 17.6. The van der Waals surface area contributed by atoms with Crippen molar-refractivity contribution in [3.05, 3.63) is 29.3 Å². The van der Waals surface area contributed by atoms with Crippen molar-refractivity contribution in [2.45, 2.75) is 6.54 Å². The van der Waals surface area contributed by atoms with Gasteiger partial charge in [0, 0.05) is 18.3 Å². The molecule has 1 heterocycles. The Morgan fingerprint density at radius 1 is 1.77 bits per heavy atom. The van der Waals surface area contributed by atoms with Crippen LogP contribution < -0.4 is 5.73 Å². The van der Waals surface area contributed by atoms with E-state index in [0.717, 1.165) is 0 Å². The summed E-state index contributed by atoms with van der Waals surface area (Å²) in [7, 11) is 1.17. The van der Waals surface area contributed by atoms with Crippen LogP contribution >= 0.6 is 0 Å². The smallest absolute Gasteiger partial charge is 0.359 e. The molecular formula is C8H9FN2O2. The van der Waals surface area contributed by atoms with Crippen molar-refractivity contribution >= 4 is 5.97 Å². The van der Waals surface area contributed by atoms with Crippen LogP contribution in [0, 0.1) is 5.82 Å². The molecular weight excluding hydrogens is 175 g/mol. The van der Waals surface area contributed by atoms with Crippen LogP contribution in [0.3, 0.4) is 0 Å². The molecule has 0 unspecified atom stereocenters. The summed E-state index contributed by atoms with van der Waals surface area (Å²) >= 11 is 0. The van der Waals surface area contributed by atoms with Crippen molar-refractivity contribution in [1.29, 1.82) is 0 Å². The summed E-state index contributed by atoms with van der Waals surface area (Å²) in [6.07, 6.45) is 1.32. The SMILES string of the molecule is COC(=O)c1nccc(CN)c1F. The number of rotatable bonds is 2. The molecule has 0 aliphatic rings. The molecule has 1 aromatic heterocycles. The highest BCUT2D eigenvalue weighted by molar-refractivity contribution is 5.87. The molecule has 70 valence electrons. The van der Waals surface area contributed by atoms with E-state index in [9.17, 15) is 9.18 Å². The number of esters is 1. The second kappa shape index (κ2) is 3.95. The summed E-state index contributed by atoms with van der Waals surface area (Å²) in [5, 5.41) is 0. The molecule has 0 fully saturated rings. The van der Waals surface area contributed by atoms with Gasteiger partial charge >= 0.3 is 5.97 Å². The molecule has 0 aromatic carbocycles. The van der Waals surface area contributed by atoms with Crippen LogP contribution in [0.15, 0.2) is 12.3 Å². The van der Waals surface area contributed by atoms with Gasteiger partial charge in [-0.2, -0.15) is 0 Å². The van der Waals surface area contributed by atoms with Crippen LogP contribution in [0.2, 0.25) is 0 Å². The van der Waals surface area contributed by atoms with E-state index in [1.165, 1.54) is 19.4 Å². The van der Waals surface area contributed by atoms with Gasteiger partial charge in [-0.15, -0.1) is 0 Å². The predicted octanol–water partition coefficient (Wildman–Crippen LogP) is 0.466. The Morgan fingerprint density at radius 3 is 3.00 bits per heavy atom. The normalized spacial score (nSPS) is 9.77. The molecule has 0 atom stereocenters. The lowest BCUT2D eigenvalue weighted by molar-refractivity contribution is 0.0588. The van der Waals surface area contributed by atoms with Crippen LogP contribution in [0.4, 0.5) is 4.39 Å². The maximum Gasteiger partial charge on any atom is 0.359 e. The maximum absolute atomic E-state index is 13.3. The number of hydrogen-bond acceptors (Lipinski definition) is 4. The van der Waals surface area contributed by atoms with E-state index in [1.54, 1.807) is 0 Å². The van der Waals surface area contributed by atoms with Crippen molar-refractivity contribution in [3.8, 4) is 0 Å². The van der Waals surface area contributed by atoms with Crippen molar-refractivity contribution < 1.29 is 13.9 Å². The van der Waals surface area contributed by atoms with Gasteiger partial charge < -0.3 is 10.5 Å². The highest BCUT2D eigenvalue weighted by Crippen LogP contribution is 2.10. The molecule has 4 nitrogen and oxygen atoms in total. The van der Waals surface area contributed by atoms with E-state index < -0.39 is 11.8 Å². The fourth-order valence-corrected chi connectivity index (χ4v) is 0.880. The Morgan fingerprint density at radius 2 is 2.46 bits per heavy atom. The Bertz CT molecular complexity index is 328. The number of hydrogen-bond donors (Lipinski definition) is 1. The molecule has 1 aromatic rings. The highest BCUT2D eigenvalue weighted by Gasteiger charge is 2.15. The van der Waals surface area contributed by atoms with E-state index in [1.807, 2.05) is 0 Å². The van der Waals surface area contributed by atoms with E-state index >= 15 is 0 Å². The van der Waals surface area contributed by atoms with Crippen LogP contribution in [-0.4, -0.2) is 18.1 Å². The van der Waals surface area contributed by atoms with Crippen LogP contribution in [0.5, 0.6) is 0 Å². The molecule has 0 spiro atoms. The number of aromatic nitrogens is 1. The third kappa shape index (κ3) is 1.81. The highest BCUT2D eigenvalue weighted by atomic mass is 19.1. The minimum absolute atomic E-state index is 0.0261. The van der Waals surface area contributed by atoms with Crippen LogP contribution in [-0.2, 0) is 11.3 Å². The first-order chi connectivity index (χ1) is 6.20. The summed E-state index contributed by atoms with van der Waals surface area (Å²) in [4.78, 5) is 14.5. The minimum atomic E-state index is -0.798. The predicted molar refractivity (Wildman–Crippen MR) is 43.4 cm³/mol. The van der Waals surface area contributed by atoms with Crippen LogP contribution in [0.25, 0.3) is 0 Å². The van der Waals surface area contributed by atoms with Gasteiger partial charge in [-0.25, -0.2) is 14.2 Å². The van der Waals surface area contributed by atoms with Gasteiger partial charge in [0.1, 0.15) is 0 Å². The first kappa shape index (κ1) is 9.60. The Labute approximate surface area is 74.5 Å². The average molecular weight is 184 g/mol. The van der Waals surface area contributed by atoms with Gasteiger partial charge in [0.2, 0.25) is 0 Å². The second-order valence-electron chi connectivity index (χ2n) is 2.33. The monoisotopic (exact) mass is 184 g/mol. The lowest BCUT2D eigenvalue weighted by Crippen LogP contribution is -2.11. The molecule has 0 aliphatic heterocycles. The lowest BCUT2D eigenvalue weighted by atomic mass is 10.2. The van der Waals surface area contributed by atoms with Gasteiger partial charge in [0.05, 0.1) is 7.11 Å². The first-order valence-corrected chi connectivity index (χ1v) is 3.62. The number of carbonyl (C=O) groups is 1. The number of ether oxygens (including phenoxy) is 1. The van der Waals surface area contributed by atoms with E-state index in [2.05, 4.69) is 9.72 Å². The molecule has 0 saturated heterocycles. The van der Waals surface area contributed by atoms with Gasteiger partial charge in [-0.1, -0.05) is 0 Å². The van der Waals surface area contributed by atoms with Crippen molar-refractivity contribution in [2.75, 3.05) is 7.11 Å². The number of pyridine rings is 1. The molecule has 1 rings (SSSR count). The summed E-state index contributed by atoms with van der Waals surface area (Å²) in [5.74, 6) is -1.51. The van der Waals surface area contributed by atoms with Crippen molar-refractivity contribution in [2.24, 2.45) is 5.73 Å². The largest absolute Gasteiger partial charge is 0.464 e. The zero-order valence-electron chi connectivity index (χ0n) is 7.08. The summed E-state index contributed by atoms with van der Waals surface area (Å²) in [6.45, 7) is 0.0261. The zero-order valence-corrected chi connectivity index (χ0v) is 7.08. The van der Waals surface area contributed by atoms with E-state index in [-0.39, 0.29) is 17.8 Å². The first-order valence-electron chi connectivity index (χ1n) is 3.62. The van der Waals surface area contributed by atoms with Crippen molar-refractivity contribution in [1.82, 2.24) is 4.98 Å². The molecule has 0 amide bonds. The molecule has 0 saturated carbocycles.